The number of piperazine rings is 1. The maximum atomic E-state index is 12.4. The quantitative estimate of drug-likeness (QED) is 0.796. The van der Waals surface area contributed by atoms with E-state index in [-0.39, 0.29) is 43.2 Å². The minimum absolute atomic E-state index is 0. The summed E-state index contributed by atoms with van der Waals surface area (Å²) in [5.74, 6) is 0.0532. The van der Waals surface area contributed by atoms with Crippen molar-refractivity contribution in [2.24, 2.45) is 5.73 Å². The predicted octanol–water partition coefficient (Wildman–Crippen LogP) is 1.34. The number of carbonyl (C=O) groups excluding carboxylic acids is 2. The van der Waals surface area contributed by atoms with Crippen molar-refractivity contribution in [1.29, 1.82) is 0 Å². The van der Waals surface area contributed by atoms with Gasteiger partial charge in [0.15, 0.2) is 0 Å². The Bertz CT molecular complexity index is 574. The molecule has 1 aromatic rings. The van der Waals surface area contributed by atoms with Crippen molar-refractivity contribution in [1.82, 2.24) is 9.80 Å². The third-order valence-corrected chi connectivity index (χ3v) is 4.65. The fraction of sp³-hybridized carbons (Fsp3) is 0.529. The van der Waals surface area contributed by atoms with Crippen molar-refractivity contribution < 1.29 is 14.3 Å². The first-order chi connectivity index (χ1) is 11.5. The summed E-state index contributed by atoms with van der Waals surface area (Å²) in [5, 5.41) is 0.604. The SMILES string of the molecule is COC(CN)CC(=O)N1CCN(C(=O)Cc2ccccc2Cl)CC1.Cl. The minimum atomic E-state index is -0.252. The van der Waals surface area contributed by atoms with Gasteiger partial charge in [0.25, 0.3) is 0 Å². The molecule has 1 atom stereocenters. The van der Waals surface area contributed by atoms with Gasteiger partial charge < -0.3 is 20.3 Å². The number of carbonyl (C=O) groups is 2. The summed E-state index contributed by atoms with van der Waals surface area (Å²) in [5.41, 5.74) is 6.38. The lowest BCUT2D eigenvalue weighted by Gasteiger charge is -2.35. The van der Waals surface area contributed by atoms with E-state index in [0.717, 1.165) is 5.56 Å². The van der Waals surface area contributed by atoms with Crippen LogP contribution in [0.15, 0.2) is 24.3 Å². The number of hydrogen-bond acceptors (Lipinski definition) is 4. The highest BCUT2D eigenvalue weighted by atomic mass is 35.5. The Labute approximate surface area is 159 Å². The largest absolute Gasteiger partial charge is 0.380 e. The number of halogens is 2. The van der Waals surface area contributed by atoms with Crippen LogP contribution in [-0.4, -0.2) is 67.6 Å². The highest BCUT2D eigenvalue weighted by Crippen LogP contribution is 2.17. The van der Waals surface area contributed by atoms with Crippen LogP contribution in [0.1, 0.15) is 12.0 Å². The van der Waals surface area contributed by atoms with E-state index in [1.54, 1.807) is 23.0 Å². The molecule has 1 fully saturated rings. The molecule has 0 aliphatic carbocycles. The third-order valence-electron chi connectivity index (χ3n) is 4.28. The molecule has 1 unspecified atom stereocenters. The number of rotatable bonds is 6. The molecule has 1 aromatic carbocycles. The van der Waals surface area contributed by atoms with E-state index in [9.17, 15) is 9.59 Å². The van der Waals surface area contributed by atoms with Gasteiger partial charge in [-0.15, -0.1) is 12.4 Å². The molecule has 140 valence electrons. The zero-order chi connectivity index (χ0) is 17.5. The summed E-state index contributed by atoms with van der Waals surface area (Å²) >= 11 is 6.10. The minimum Gasteiger partial charge on any atom is -0.380 e. The lowest BCUT2D eigenvalue weighted by atomic mass is 10.1. The van der Waals surface area contributed by atoms with Gasteiger partial charge in [0.1, 0.15) is 0 Å². The van der Waals surface area contributed by atoms with E-state index in [2.05, 4.69) is 0 Å². The second-order valence-corrected chi connectivity index (χ2v) is 6.23. The van der Waals surface area contributed by atoms with Gasteiger partial charge in [-0.25, -0.2) is 0 Å². The van der Waals surface area contributed by atoms with Crippen LogP contribution in [0.3, 0.4) is 0 Å². The second kappa shape index (κ2) is 10.6. The number of ether oxygens (including phenoxy) is 1. The Balaban J connectivity index is 0.00000312. The first-order valence-electron chi connectivity index (χ1n) is 8.07. The van der Waals surface area contributed by atoms with E-state index >= 15 is 0 Å². The monoisotopic (exact) mass is 389 g/mol. The van der Waals surface area contributed by atoms with Crippen LogP contribution in [-0.2, 0) is 20.7 Å². The Morgan fingerprint density at radius 3 is 2.24 bits per heavy atom. The molecule has 0 aromatic heterocycles. The van der Waals surface area contributed by atoms with Gasteiger partial charge in [-0.1, -0.05) is 29.8 Å². The standard InChI is InChI=1S/C17H24ClN3O3.ClH/c1-24-14(12-19)11-17(23)21-8-6-20(7-9-21)16(22)10-13-4-2-3-5-15(13)18;/h2-5,14H,6-12,19H2,1H3;1H. The Hall–Kier alpha value is -1.34. The second-order valence-electron chi connectivity index (χ2n) is 5.83. The van der Waals surface area contributed by atoms with Gasteiger partial charge in [-0.2, -0.15) is 0 Å². The Kier molecular flexibility index (Phi) is 9.21. The van der Waals surface area contributed by atoms with Crippen LogP contribution in [0.4, 0.5) is 0 Å². The maximum absolute atomic E-state index is 12.4. The molecule has 8 heteroatoms. The maximum Gasteiger partial charge on any atom is 0.227 e. The molecule has 6 nitrogen and oxygen atoms in total. The molecular formula is C17H25Cl2N3O3. The topological polar surface area (TPSA) is 75.9 Å². The first kappa shape index (κ1) is 21.7. The number of nitrogens with zero attached hydrogens (tertiary/aromatic N) is 2. The van der Waals surface area contributed by atoms with Gasteiger partial charge in [-0.05, 0) is 11.6 Å². The molecule has 25 heavy (non-hydrogen) atoms. The fourth-order valence-electron chi connectivity index (χ4n) is 2.71. The molecular weight excluding hydrogens is 365 g/mol. The van der Waals surface area contributed by atoms with Crippen LogP contribution in [0.5, 0.6) is 0 Å². The summed E-state index contributed by atoms with van der Waals surface area (Å²) in [7, 11) is 1.55. The van der Waals surface area contributed by atoms with Crippen LogP contribution >= 0.6 is 24.0 Å². The average Bonchev–Trinajstić information content (AvgIpc) is 2.61. The number of hydrogen-bond donors (Lipinski definition) is 1. The van der Waals surface area contributed by atoms with Gasteiger partial charge in [0, 0.05) is 44.9 Å². The molecule has 0 saturated carbocycles. The molecule has 2 amide bonds. The van der Waals surface area contributed by atoms with Crippen molar-refractivity contribution >= 4 is 35.8 Å². The number of benzene rings is 1. The summed E-state index contributed by atoms with van der Waals surface area (Å²) < 4.78 is 5.15. The number of amides is 2. The van der Waals surface area contributed by atoms with Crippen molar-refractivity contribution in [3.8, 4) is 0 Å². The number of methoxy groups -OCH3 is 1. The Morgan fingerprint density at radius 1 is 1.16 bits per heavy atom. The number of nitrogens with two attached hydrogens (primary N) is 1. The summed E-state index contributed by atoms with van der Waals surface area (Å²) in [6, 6.07) is 7.35. The van der Waals surface area contributed by atoms with Crippen molar-refractivity contribution in [3.05, 3.63) is 34.9 Å². The molecule has 0 bridgehead atoms. The van der Waals surface area contributed by atoms with Crippen LogP contribution in [0, 0.1) is 0 Å². The van der Waals surface area contributed by atoms with Crippen molar-refractivity contribution in [2.45, 2.75) is 18.9 Å². The van der Waals surface area contributed by atoms with Gasteiger partial charge in [0.05, 0.1) is 18.9 Å². The highest BCUT2D eigenvalue weighted by Gasteiger charge is 2.25. The predicted molar refractivity (Wildman–Crippen MR) is 100 cm³/mol. The molecule has 2 N–H and O–H groups in total. The molecule has 0 spiro atoms. The van der Waals surface area contributed by atoms with Gasteiger partial charge in [-0.3, -0.25) is 9.59 Å². The zero-order valence-electron chi connectivity index (χ0n) is 14.3. The summed E-state index contributed by atoms with van der Waals surface area (Å²) in [6.45, 7) is 2.46. The van der Waals surface area contributed by atoms with E-state index < -0.39 is 0 Å². The van der Waals surface area contributed by atoms with Crippen LogP contribution < -0.4 is 5.73 Å². The normalized spacial score (nSPS) is 15.5. The summed E-state index contributed by atoms with van der Waals surface area (Å²) in [6.07, 6.45) is 0.310. The summed E-state index contributed by atoms with van der Waals surface area (Å²) in [4.78, 5) is 28.1. The molecule has 2 rings (SSSR count). The van der Waals surface area contributed by atoms with Crippen LogP contribution in [0.25, 0.3) is 0 Å². The molecule has 1 heterocycles. The van der Waals surface area contributed by atoms with E-state index in [1.807, 2.05) is 18.2 Å². The van der Waals surface area contributed by atoms with E-state index in [1.165, 1.54) is 0 Å². The fourth-order valence-corrected chi connectivity index (χ4v) is 2.91. The molecule has 1 saturated heterocycles. The third kappa shape index (κ3) is 6.15. The molecule has 0 radical (unpaired) electrons. The lowest BCUT2D eigenvalue weighted by Crippen LogP contribution is -2.51. The molecule has 1 aliphatic rings. The average molecular weight is 390 g/mol. The van der Waals surface area contributed by atoms with Crippen molar-refractivity contribution in [3.63, 3.8) is 0 Å². The van der Waals surface area contributed by atoms with Gasteiger partial charge in [0.2, 0.25) is 11.8 Å². The van der Waals surface area contributed by atoms with E-state index in [0.29, 0.717) is 37.7 Å². The Morgan fingerprint density at radius 2 is 1.72 bits per heavy atom. The first-order valence-corrected chi connectivity index (χ1v) is 8.44. The zero-order valence-corrected chi connectivity index (χ0v) is 15.9. The van der Waals surface area contributed by atoms with Gasteiger partial charge >= 0.3 is 0 Å². The van der Waals surface area contributed by atoms with Crippen LogP contribution in [0.2, 0.25) is 5.02 Å². The van der Waals surface area contributed by atoms with E-state index in [4.69, 9.17) is 22.1 Å². The highest BCUT2D eigenvalue weighted by molar-refractivity contribution is 6.31. The molecule has 1 aliphatic heterocycles. The smallest absolute Gasteiger partial charge is 0.227 e. The lowest BCUT2D eigenvalue weighted by molar-refractivity contribution is -0.140. The van der Waals surface area contributed by atoms with Crippen molar-refractivity contribution in [2.75, 3.05) is 39.8 Å².